The van der Waals surface area contributed by atoms with Crippen LogP contribution in [-0.2, 0) is 0 Å². The second-order valence-electron chi connectivity index (χ2n) is 4.20. The van der Waals surface area contributed by atoms with Crippen molar-refractivity contribution in [2.24, 2.45) is 0 Å². The molecule has 19 heavy (non-hydrogen) atoms. The van der Waals surface area contributed by atoms with Crippen LogP contribution in [0.3, 0.4) is 0 Å². The molecule has 0 atom stereocenters. The number of halogens is 1. The standard InChI is InChI=1S/C13H15ClN2OS2/c1-16(5-6-18-2)13(17)12-11(15)9-4-3-8(14)7-10(9)19-12/h3-4,7H,5-6,15H2,1-2H3. The minimum atomic E-state index is -0.0242. The summed E-state index contributed by atoms with van der Waals surface area (Å²) in [6.45, 7) is 0.717. The topological polar surface area (TPSA) is 46.3 Å². The molecule has 0 saturated carbocycles. The van der Waals surface area contributed by atoms with Crippen LogP contribution >= 0.6 is 34.7 Å². The molecule has 2 N–H and O–H groups in total. The third-order valence-electron chi connectivity index (χ3n) is 2.86. The van der Waals surface area contributed by atoms with Gasteiger partial charge in [-0.3, -0.25) is 4.79 Å². The smallest absolute Gasteiger partial charge is 0.265 e. The van der Waals surface area contributed by atoms with Gasteiger partial charge in [-0.15, -0.1) is 11.3 Å². The number of thioether (sulfide) groups is 1. The van der Waals surface area contributed by atoms with E-state index in [1.165, 1.54) is 11.3 Å². The number of nitrogens with two attached hydrogens (primary N) is 1. The molecule has 2 aromatic rings. The summed E-state index contributed by atoms with van der Waals surface area (Å²) in [5.74, 6) is 0.891. The van der Waals surface area contributed by atoms with E-state index in [1.807, 2.05) is 18.4 Å². The molecule has 1 aromatic heterocycles. The first-order valence-electron chi connectivity index (χ1n) is 5.76. The molecule has 0 aliphatic rings. The molecule has 1 heterocycles. The summed E-state index contributed by atoms with van der Waals surface area (Å²) in [5, 5.41) is 1.56. The van der Waals surface area contributed by atoms with Gasteiger partial charge in [0.05, 0.1) is 5.69 Å². The average Bonchev–Trinajstić information content (AvgIpc) is 2.71. The second kappa shape index (κ2) is 6.03. The molecule has 0 spiro atoms. The van der Waals surface area contributed by atoms with Crippen LogP contribution in [0.2, 0.25) is 5.02 Å². The number of carbonyl (C=O) groups excluding carboxylic acids is 1. The molecular weight excluding hydrogens is 300 g/mol. The van der Waals surface area contributed by atoms with Gasteiger partial charge >= 0.3 is 0 Å². The summed E-state index contributed by atoms with van der Waals surface area (Å²) in [5.41, 5.74) is 6.62. The summed E-state index contributed by atoms with van der Waals surface area (Å²) in [6, 6.07) is 5.50. The van der Waals surface area contributed by atoms with Crippen LogP contribution in [0, 0.1) is 0 Å². The number of carbonyl (C=O) groups is 1. The van der Waals surface area contributed by atoms with Crippen LogP contribution in [0.5, 0.6) is 0 Å². The van der Waals surface area contributed by atoms with Crippen LogP contribution in [0.1, 0.15) is 9.67 Å². The maximum atomic E-state index is 12.3. The maximum absolute atomic E-state index is 12.3. The monoisotopic (exact) mass is 314 g/mol. The fourth-order valence-corrected chi connectivity index (χ4v) is 3.60. The molecule has 2 rings (SSSR count). The van der Waals surface area contributed by atoms with E-state index in [9.17, 15) is 4.79 Å². The molecule has 0 unspecified atom stereocenters. The lowest BCUT2D eigenvalue weighted by atomic mass is 10.2. The van der Waals surface area contributed by atoms with Crippen LogP contribution in [-0.4, -0.2) is 36.4 Å². The van der Waals surface area contributed by atoms with Gasteiger partial charge in [0.2, 0.25) is 0 Å². The minimum absolute atomic E-state index is 0.0242. The molecule has 0 radical (unpaired) electrons. The summed E-state index contributed by atoms with van der Waals surface area (Å²) in [6.07, 6.45) is 2.02. The quantitative estimate of drug-likeness (QED) is 0.938. The fraction of sp³-hybridized carbons (Fsp3) is 0.308. The van der Waals surface area contributed by atoms with Crippen LogP contribution in [0.15, 0.2) is 18.2 Å². The van der Waals surface area contributed by atoms with Crippen molar-refractivity contribution in [3.63, 3.8) is 0 Å². The van der Waals surface area contributed by atoms with Gasteiger partial charge in [-0.25, -0.2) is 0 Å². The summed E-state index contributed by atoms with van der Waals surface area (Å²) < 4.78 is 0.951. The van der Waals surface area contributed by atoms with Crippen molar-refractivity contribution >= 4 is 56.4 Å². The number of hydrogen-bond donors (Lipinski definition) is 1. The number of anilines is 1. The molecule has 0 bridgehead atoms. The number of nitrogen functional groups attached to an aromatic ring is 1. The van der Waals surface area contributed by atoms with E-state index in [1.54, 1.807) is 29.8 Å². The Morgan fingerprint density at radius 2 is 2.26 bits per heavy atom. The van der Waals surface area contributed by atoms with Crippen molar-refractivity contribution in [3.8, 4) is 0 Å². The molecule has 6 heteroatoms. The Hall–Kier alpha value is -0.910. The number of fused-ring (bicyclic) bond motifs is 1. The van der Waals surface area contributed by atoms with Crippen molar-refractivity contribution in [2.75, 3.05) is 31.3 Å². The van der Waals surface area contributed by atoms with Crippen molar-refractivity contribution < 1.29 is 4.79 Å². The largest absolute Gasteiger partial charge is 0.397 e. The van der Waals surface area contributed by atoms with Crippen LogP contribution < -0.4 is 5.73 Å². The third kappa shape index (κ3) is 2.99. The molecule has 1 amide bonds. The summed E-state index contributed by atoms with van der Waals surface area (Å²) in [7, 11) is 1.80. The Kier molecular flexibility index (Phi) is 4.60. The van der Waals surface area contributed by atoms with Gasteiger partial charge in [0.15, 0.2) is 0 Å². The summed E-state index contributed by atoms with van der Waals surface area (Å²) >= 11 is 9.07. The van der Waals surface area contributed by atoms with Gasteiger partial charge in [-0.1, -0.05) is 11.6 Å². The number of nitrogens with zero attached hydrogens (tertiary/aromatic N) is 1. The molecule has 1 aromatic carbocycles. The van der Waals surface area contributed by atoms with E-state index in [0.29, 0.717) is 22.1 Å². The molecule has 102 valence electrons. The Bertz CT molecular complexity index is 612. The lowest BCUT2D eigenvalue weighted by molar-refractivity contribution is 0.0809. The highest BCUT2D eigenvalue weighted by Crippen LogP contribution is 2.35. The van der Waals surface area contributed by atoms with Crippen LogP contribution in [0.25, 0.3) is 10.1 Å². The first-order valence-corrected chi connectivity index (χ1v) is 8.35. The average molecular weight is 315 g/mol. The van der Waals surface area contributed by atoms with Gasteiger partial charge in [0, 0.05) is 34.5 Å². The summed E-state index contributed by atoms with van der Waals surface area (Å²) in [4.78, 5) is 14.6. The number of rotatable bonds is 4. The van der Waals surface area contributed by atoms with E-state index in [0.717, 1.165) is 15.8 Å². The molecular formula is C13H15ClN2OS2. The first kappa shape index (κ1) is 14.5. The SMILES string of the molecule is CSCCN(C)C(=O)c1sc2cc(Cl)ccc2c1N. The van der Waals surface area contributed by atoms with E-state index in [2.05, 4.69) is 0 Å². The normalized spacial score (nSPS) is 10.9. The molecule has 0 fully saturated rings. The Balaban J connectivity index is 2.34. The third-order valence-corrected chi connectivity index (χ3v) is 4.84. The zero-order valence-electron chi connectivity index (χ0n) is 10.8. The minimum Gasteiger partial charge on any atom is -0.397 e. The highest BCUT2D eigenvalue weighted by atomic mass is 35.5. The molecule has 0 aliphatic heterocycles. The lowest BCUT2D eigenvalue weighted by Gasteiger charge is -2.15. The van der Waals surface area contributed by atoms with Crippen LogP contribution in [0.4, 0.5) is 5.69 Å². The zero-order chi connectivity index (χ0) is 14.0. The predicted molar refractivity (Wildman–Crippen MR) is 86.6 cm³/mol. The van der Waals surface area contributed by atoms with Crippen molar-refractivity contribution in [1.82, 2.24) is 4.90 Å². The van der Waals surface area contributed by atoms with Gasteiger partial charge in [0.25, 0.3) is 5.91 Å². The highest BCUT2D eigenvalue weighted by molar-refractivity contribution is 7.98. The van der Waals surface area contributed by atoms with Gasteiger partial charge in [-0.2, -0.15) is 11.8 Å². The van der Waals surface area contributed by atoms with E-state index >= 15 is 0 Å². The first-order chi connectivity index (χ1) is 9.04. The zero-order valence-corrected chi connectivity index (χ0v) is 13.2. The van der Waals surface area contributed by atoms with Gasteiger partial charge in [0.1, 0.15) is 4.88 Å². The number of thiophene rings is 1. The maximum Gasteiger partial charge on any atom is 0.265 e. The molecule has 3 nitrogen and oxygen atoms in total. The Morgan fingerprint density at radius 1 is 1.53 bits per heavy atom. The number of amides is 1. The molecule has 0 aliphatic carbocycles. The molecule has 0 saturated heterocycles. The van der Waals surface area contributed by atoms with E-state index in [-0.39, 0.29) is 5.91 Å². The van der Waals surface area contributed by atoms with Crippen molar-refractivity contribution in [3.05, 3.63) is 28.1 Å². The van der Waals surface area contributed by atoms with Gasteiger partial charge in [-0.05, 0) is 24.5 Å². The van der Waals surface area contributed by atoms with Crippen molar-refractivity contribution in [2.45, 2.75) is 0 Å². The number of hydrogen-bond acceptors (Lipinski definition) is 4. The van der Waals surface area contributed by atoms with Gasteiger partial charge < -0.3 is 10.6 Å². The second-order valence-corrected chi connectivity index (χ2v) is 6.68. The highest BCUT2D eigenvalue weighted by Gasteiger charge is 2.19. The van der Waals surface area contributed by atoms with E-state index < -0.39 is 0 Å². The van der Waals surface area contributed by atoms with E-state index in [4.69, 9.17) is 17.3 Å². The predicted octanol–water partition coefficient (Wildman–Crippen LogP) is 3.57. The Morgan fingerprint density at radius 3 is 2.95 bits per heavy atom. The Labute approximate surface area is 125 Å². The van der Waals surface area contributed by atoms with Crippen molar-refractivity contribution in [1.29, 1.82) is 0 Å². The lowest BCUT2D eigenvalue weighted by Crippen LogP contribution is -2.28. The fourth-order valence-electron chi connectivity index (χ4n) is 1.75. The number of benzene rings is 1.